The minimum absolute atomic E-state index is 0.0171. The molecule has 0 saturated carbocycles. The lowest BCUT2D eigenvalue weighted by Crippen LogP contribution is -2.09. The van der Waals surface area contributed by atoms with Crippen LogP contribution in [-0.2, 0) is 0 Å². The van der Waals surface area contributed by atoms with Crippen LogP contribution in [0.1, 0.15) is 13.8 Å². The third-order valence-electron chi connectivity index (χ3n) is 2.49. The summed E-state index contributed by atoms with van der Waals surface area (Å²) in [5.41, 5.74) is 7.63. The zero-order chi connectivity index (χ0) is 13.4. The van der Waals surface area contributed by atoms with Crippen LogP contribution in [-0.4, -0.2) is 35.9 Å². The Bertz CT molecular complexity index is 701. The molecule has 3 aromatic heterocycles. The van der Waals surface area contributed by atoms with Crippen molar-refractivity contribution in [1.29, 1.82) is 0 Å². The van der Waals surface area contributed by atoms with Crippen molar-refractivity contribution in [2.45, 2.75) is 20.0 Å². The number of fused-ring (bicyclic) bond motifs is 1. The quantitative estimate of drug-likeness (QED) is 0.723. The monoisotopic (exact) mass is 259 g/mol. The minimum atomic E-state index is -0.0171. The molecule has 0 bridgehead atoms. The van der Waals surface area contributed by atoms with E-state index in [1.807, 2.05) is 13.8 Å². The van der Waals surface area contributed by atoms with Gasteiger partial charge in [-0.2, -0.15) is 14.6 Å². The average Bonchev–Trinajstić information content (AvgIpc) is 2.96. The lowest BCUT2D eigenvalue weighted by molar-refractivity contribution is 0.244. The molecule has 0 saturated heterocycles. The maximum Gasteiger partial charge on any atom is 0.240 e. The molecule has 0 spiro atoms. The van der Waals surface area contributed by atoms with Crippen molar-refractivity contribution in [2.75, 3.05) is 5.73 Å². The van der Waals surface area contributed by atoms with Gasteiger partial charge in [0.05, 0.1) is 12.3 Å². The van der Waals surface area contributed by atoms with Gasteiger partial charge in [-0.05, 0) is 13.8 Å². The second-order valence-corrected chi connectivity index (χ2v) is 4.31. The largest absolute Gasteiger partial charge is 0.485 e. The van der Waals surface area contributed by atoms with Gasteiger partial charge in [-0.1, -0.05) is 0 Å². The van der Waals surface area contributed by atoms with E-state index in [2.05, 4.69) is 25.3 Å². The molecule has 3 aromatic rings. The predicted octanol–water partition coefficient (Wildman–Crippen LogP) is 0.884. The molecule has 3 N–H and O–H groups in total. The summed E-state index contributed by atoms with van der Waals surface area (Å²) in [5.74, 6) is 0.725. The molecule has 98 valence electrons. The second-order valence-electron chi connectivity index (χ2n) is 4.31. The van der Waals surface area contributed by atoms with E-state index in [1.165, 1.54) is 4.52 Å². The van der Waals surface area contributed by atoms with Crippen molar-refractivity contribution in [2.24, 2.45) is 0 Å². The number of hydrogen-bond acceptors (Lipinski definition) is 6. The number of nitrogens with one attached hydrogen (secondary N) is 1. The summed E-state index contributed by atoms with van der Waals surface area (Å²) < 4.78 is 7.31. The molecule has 3 rings (SSSR count). The molecule has 0 amide bonds. The molecule has 0 atom stereocenters. The number of rotatable bonds is 3. The number of hydrogen-bond donors (Lipinski definition) is 2. The predicted molar refractivity (Wildman–Crippen MR) is 68.5 cm³/mol. The molecule has 0 radical (unpaired) electrons. The first kappa shape index (κ1) is 11.5. The summed E-state index contributed by atoms with van der Waals surface area (Å²) >= 11 is 0. The van der Waals surface area contributed by atoms with E-state index < -0.39 is 0 Å². The van der Waals surface area contributed by atoms with Crippen molar-refractivity contribution >= 4 is 11.6 Å². The van der Waals surface area contributed by atoms with Crippen molar-refractivity contribution in [3.63, 3.8) is 0 Å². The van der Waals surface area contributed by atoms with Crippen LogP contribution in [0.3, 0.4) is 0 Å². The maximum absolute atomic E-state index is 5.81. The van der Waals surface area contributed by atoms with Crippen LogP contribution in [0, 0.1) is 0 Å². The smallest absolute Gasteiger partial charge is 0.240 e. The Morgan fingerprint density at radius 3 is 2.95 bits per heavy atom. The molecule has 8 heteroatoms. The first-order valence-corrected chi connectivity index (χ1v) is 5.82. The molecule has 0 aliphatic carbocycles. The van der Waals surface area contributed by atoms with Crippen LogP contribution >= 0.6 is 0 Å². The van der Waals surface area contributed by atoms with Crippen molar-refractivity contribution in [3.05, 3.63) is 18.7 Å². The summed E-state index contributed by atoms with van der Waals surface area (Å²) in [7, 11) is 0. The Hall–Kier alpha value is -2.64. The molecule has 0 fully saturated rings. The van der Waals surface area contributed by atoms with Gasteiger partial charge < -0.3 is 10.5 Å². The van der Waals surface area contributed by atoms with Gasteiger partial charge in [-0.15, -0.1) is 5.10 Å². The van der Waals surface area contributed by atoms with Crippen LogP contribution in [0.25, 0.3) is 16.9 Å². The molecular formula is C11H13N7O. The summed E-state index contributed by atoms with van der Waals surface area (Å²) in [6, 6.07) is 0. The summed E-state index contributed by atoms with van der Waals surface area (Å²) in [4.78, 5) is 8.51. The highest BCUT2D eigenvalue weighted by atomic mass is 16.5. The standard InChI is InChI=1S/C11H13N7O/c1-6(2)19-9-8(7-3-14-15-4-7)13-5-18-10(9)16-11(12)17-18/h3-6H,1-2H3,(H2,12,17)(H,14,15). The highest BCUT2D eigenvalue weighted by molar-refractivity contribution is 5.73. The van der Waals surface area contributed by atoms with Crippen LogP contribution in [0.4, 0.5) is 5.95 Å². The third kappa shape index (κ3) is 1.96. The zero-order valence-electron chi connectivity index (χ0n) is 10.5. The topological polar surface area (TPSA) is 107 Å². The highest BCUT2D eigenvalue weighted by Crippen LogP contribution is 2.31. The van der Waals surface area contributed by atoms with Gasteiger partial charge in [0.25, 0.3) is 0 Å². The number of aromatic nitrogens is 6. The second kappa shape index (κ2) is 4.23. The van der Waals surface area contributed by atoms with E-state index in [9.17, 15) is 0 Å². The Kier molecular flexibility index (Phi) is 2.55. The Morgan fingerprint density at radius 1 is 1.42 bits per heavy atom. The molecule has 3 heterocycles. The van der Waals surface area contributed by atoms with E-state index >= 15 is 0 Å². The molecule has 0 aromatic carbocycles. The molecule has 19 heavy (non-hydrogen) atoms. The number of nitrogens with two attached hydrogens (primary N) is 1. The molecule has 0 unspecified atom stereocenters. The minimum Gasteiger partial charge on any atom is -0.485 e. The number of anilines is 1. The Balaban J connectivity index is 2.26. The van der Waals surface area contributed by atoms with Gasteiger partial charge in [0.2, 0.25) is 11.6 Å². The normalized spacial score (nSPS) is 11.3. The van der Waals surface area contributed by atoms with Gasteiger partial charge in [-0.3, -0.25) is 5.10 Å². The maximum atomic E-state index is 5.81. The molecular weight excluding hydrogens is 246 g/mol. The number of nitrogens with zero attached hydrogens (tertiary/aromatic N) is 5. The first-order chi connectivity index (χ1) is 9.15. The van der Waals surface area contributed by atoms with Gasteiger partial charge in [0, 0.05) is 11.8 Å². The van der Waals surface area contributed by atoms with Gasteiger partial charge in [0.1, 0.15) is 12.0 Å². The average molecular weight is 259 g/mol. The first-order valence-electron chi connectivity index (χ1n) is 5.82. The highest BCUT2D eigenvalue weighted by Gasteiger charge is 2.17. The molecule has 0 aliphatic heterocycles. The van der Waals surface area contributed by atoms with Crippen molar-refractivity contribution in [3.8, 4) is 17.0 Å². The van der Waals surface area contributed by atoms with Crippen LogP contribution in [0.5, 0.6) is 5.75 Å². The fourth-order valence-electron chi connectivity index (χ4n) is 1.78. The number of aromatic amines is 1. The summed E-state index contributed by atoms with van der Waals surface area (Å²) in [5, 5.41) is 10.7. The molecule has 8 nitrogen and oxygen atoms in total. The number of ether oxygens (including phenoxy) is 1. The van der Waals surface area contributed by atoms with E-state index in [0.717, 1.165) is 5.56 Å². The Morgan fingerprint density at radius 2 is 2.26 bits per heavy atom. The van der Waals surface area contributed by atoms with Gasteiger partial charge in [0.15, 0.2) is 5.75 Å². The van der Waals surface area contributed by atoms with E-state index in [4.69, 9.17) is 10.5 Å². The fourth-order valence-corrected chi connectivity index (χ4v) is 1.78. The van der Waals surface area contributed by atoms with Crippen LogP contribution in [0.15, 0.2) is 18.7 Å². The van der Waals surface area contributed by atoms with Gasteiger partial charge in [-0.25, -0.2) is 4.98 Å². The fraction of sp³-hybridized carbons (Fsp3) is 0.273. The van der Waals surface area contributed by atoms with E-state index in [-0.39, 0.29) is 12.1 Å². The summed E-state index contributed by atoms with van der Waals surface area (Å²) in [6.45, 7) is 3.87. The van der Waals surface area contributed by atoms with Crippen molar-refractivity contribution < 1.29 is 4.74 Å². The number of H-pyrrole nitrogens is 1. The third-order valence-corrected chi connectivity index (χ3v) is 2.49. The van der Waals surface area contributed by atoms with Crippen LogP contribution < -0.4 is 10.5 Å². The Labute approximate surface area is 108 Å². The lowest BCUT2D eigenvalue weighted by Gasteiger charge is -2.12. The zero-order valence-corrected chi connectivity index (χ0v) is 10.5. The van der Waals surface area contributed by atoms with Crippen molar-refractivity contribution in [1.82, 2.24) is 29.8 Å². The summed E-state index contributed by atoms with van der Waals surface area (Å²) in [6.07, 6.45) is 4.95. The lowest BCUT2D eigenvalue weighted by atomic mass is 10.2. The number of nitrogen functional groups attached to an aromatic ring is 1. The van der Waals surface area contributed by atoms with Crippen LogP contribution in [0.2, 0.25) is 0 Å². The van der Waals surface area contributed by atoms with Gasteiger partial charge >= 0.3 is 0 Å². The SMILES string of the molecule is CC(C)Oc1c(-c2cn[nH]c2)ncn2nc(N)nc12. The molecule has 0 aliphatic rings. The van der Waals surface area contributed by atoms with E-state index in [0.29, 0.717) is 17.1 Å². The van der Waals surface area contributed by atoms with E-state index in [1.54, 1.807) is 18.7 Å².